The number of para-hydroxylation sites is 1. The Morgan fingerprint density at radius 1 is 0.917 bits per heavy atom. The minimum atomic E-state index is -0.354. The average Bonchev–Trinajstić information content (AvgIpc) is 2.87. The molecule has 1 aliphatic rings. The smallest absolute Gasteiger partial charge is 0.248 e. The third-order valence-electron chi connectivity index (χ3n) is 6.68. The number of anilines is 3. The van der Waals surface area contributed by atoms with Gasteiger partial charge in [-0.05, 0) is 86.1 Å². The first-order valence-electron chi connectivity index (χ1n) is 12.0. The second-order valence-corrected chi connectivity index (χ2v) is 9.57. The summed E-state index contributed by atoms with van der Waals surface area (Å²) in [6.07, 6.45) is 5.09. The van der Waals surface area contributed by atoms with E-state index in [0.29, 0.717) is 28.5 Å². The van der Waals surface area contributed by atoms with Crippen LogP contribution in [0.2, 0.25) is 5.02 Å². The maximum atomic E-state index is 11.8. The zero-order chi connectivity index (χ0) is 24.2. The van der Waals surface area contributed by atoms with Gasteiger partial charge in [0, 0.05) is 27.7 Å². The van der Waals surface area contributed by atoms with Gasteiger partial charge < -0.3 is 16.4 Å². The van der Waals surface area contributed by atoms with Gasteiger partial charge >= 0.3 is 0 Å². The van der Waals surface area contributed by atoms with Crippen molar-refractivity contribution in [3.8, 4) is 0 Å². The highest BCUT2D eigenvalue weighted by molar-refractivity contribution is 6.30. The zero-order valence-corrected chi connectivity index (χ0v) is 21.4. The maximum absolute atomic E-state index is 11.8. The summed E-state index contributed by atoms with van der Waals surface area (Å²) in [6, 6.07) is 23.6. The van der Waals surface area contributed by atoms with Crippen molar-refractivity contribution in [3.05, 3.63) is 88.9 Å². The summed E-state index contributed by atoms with van der Waals surface area (Å²) in [5, 5.41) is 8.63. The number of aromatic nitrogens is 2. The predicted molar refractivity (Wildman–Crippen MR) is 150 cm³/mol. The van der Waals surface area contributed by atoms with E-state index in [-0.39, 0.29) is 18.3 Å². The normalized spacial score (nSPS) is 17.2. The first-order valence-corrected chi connectivity index (χ1v) is 12.4. The van der Waals surface area contributed by atoms with Crippen LogP contribution in [0.3, 0.4) is 0 Å². The van der Waals surface area contributed by atoms with Crippen LogP contribution in [0.5, 0.6) is 0 Å². The Labute approximate surface area is 222 Å². The number of hydrogen-bond acceptors (Lipinski definition) is 5. The molecule has 0 unspecified atom stereocenters. The standard InChI is InChI=1S/C28H28ClN5O.ClH/c29-20-11-15-21(16-12-20)31-27-24-7-3-4-8-25(24)33-28(34-27)32-22-13-9-18(10-14-22)17-19-5-1-2-6-23(19)26(30)35;/h1-8,11-12,15-16,18,22H,9-10,13-14,17H2,(H2,30,35)(H2,31,32,33,34);1H. The van der Waals surface area contributed by atoms with Crippen LogP contribution in [-0.4, -0.2) is 21.9 Å². The first kappa shape index (κ1) is 25.7. The fourth-order valence-electron chi connectivity index (χ4n) is 4.85. The van der Waals surface area contributed by atoms with Gasteiger partial charge in [-0.1, -0.05) is 41.9 Å². The molecule has 186 valence electrons. The van der Waals surface area contributed by atoms with Crippen molar-refractivity contribution in [2.45, 2.75) is 38.1 Å². The Balaban J connectivity index is 0.00000304. The second-order valence-electron chi connectivity index (χ2n) is 9.13. The molecule has 6 nitrogen and oxygen atoms in total. The van der Waals surface area contributed by atoms with Crippen molar-refractivity contribution in [2.24, 2.45) is 11.7 Å². The highest BCUT2D eigenvalue weighted by Crippen LogP contribution is 2.31. The van der Waals surface area contributed by atoms with E-state index in [1.165, 1.54) is 0 Å². The lowest BCUT2D eigenvalue weighted by Gasteiger charge is -2.29. The number of halogens is 2. The van der Waals surface area contributed by atoms with E-state index in [9.17, 15) is 4.79 Å². The van der Waals surface area contributed by atoms with E-state index >= 15 is 0 Å². The Kier molecular flexibility index (Phi) is 8.28. The van der Waals surface area contributed by atoms with E-state index in [2.05, 4.69) is 10.6 Å². The van der Waals surface area contributed by atoms with Crippen molar-refractivity contribution in [1.82, 2.24) is 9.97 Å². The molecule has 1 amide bonds. The molecule has 0 spiro atoms. The number of carbonyl (C=O) groups is 1. The lowest BCUT2D eigenvalue weighted by molar-refractivity contribution is 0.0999. The number of nitrogens with two attached hydrogens (primary N) is 1. The summed E-state index contributed by atoms with van der Waals surface area (Å²) >= 11 is 6.04. The number of rotatable bonds is 7. The second kappa shape index (κ2) is 11.6. The lowest BCUT2D eigenvalue weighted by Crippen LogP contribution is -2.28. The highest BCUT2D eigenvalue weighted by Gasteiger charge is 2.23. The van der Waals surface area contributed by atoms with Crippen molar-refractivity contribution in [1.29, 1.82) is 0 Å². The highest BCUT2D eigenvalue weighted by atomic mass is 35.5. The topological polar surface area (TPSA) is 92.9 Å². The van der Waals surface area contributed by atoms with Gasteiger partial charge in [-0.15, -0.1) is 12.4 Å². The molecule has 0 atom stereocenters. The molecule has 1 aliphatic carbocycles. The van der Waals surface area contributed by atoms with E-state index in [1.54, 1.807) is 0 Å². The summed E-state index contributed by atoms with van der Waals surface area (Å²) < 4.78 is 0. The monoisotopic (exact) mass is 521 g/mol. The first-order chi connectivity index (χ1) is 17.0. The molecule has 0 saturated heterocycles. The van der Waals surface area contributed by atoms with Crippen LogP contribution < -0.4 is 16.4 Å². The number of hydrogen-bond donors (Lipinski definition) is 3. The molecule has 4 aromatic rings. The molecular formula is C28H29Cl2N5O. The molecule has 1 heterocycles. The fraction of sp³-hybridized carbons (Fsp3) is 0.250. The van der Waals surface area contributed by atoms with Crippen molar-refractivity contribution in [3.63, 3.8) is 0 Å². The van der Waals surface area contributed by atoms with Gasteiger partial charge in [0.15, 0.2) is 0 Å². The molecule has 0 bridgehead atoms. The average molecular weight is 522 g/mol. The van der Waals surface area contributed by atoms with Gasteiger partial charge in [0.1, 0.15) is 5.82 Å². The largest absolute Gasteiger partial charge is 0.366 e. The van der Waals surface area contributed by atoms with Crippen LogP contribution in [-0.2, 0) is 6.42 Å². The summed E-state index contributed by atoms with van der Waals surface area (Å²) in [4.78, 5) is 21.3. The molecular weight excluding hydrogens is 493 g/mol. The van der Waals surface area contributed by atoms with E-state index in [1.807, 2.05) is 72.8 Å². The molecule has 4 N–H and O–H groups in total. The van der Waals surface area contributed by atoms with Gasteiger partial charge in [-0.3, -0.25) is 4.79 Å². The SMILES string of the molecule is Cl.NC(=O)c1ccccc1CC1CCC(Nc2nc(Nc3ccc(Cl)cc3)c3ccccc3n2)CC1. The van der Waals surface area contributed by atoms with Crippen molar-refractivity contribution in [2.75, 3.05) is 10.6 Å². The number of nitrogens with zero attached hydrogens (tertiary/aromatic N) is 2. The van der Waals surface area contributed by atoms with Crippen LogP contribution in [0.1, 0.15) is 41.6 Å². The van der Waals surface area contributed by atoms with Crippen molar-refractivity contribution >= 4 is 58.3 Å². The van der Waals surface area contributed by atoms with Gasteiger partial charge in [0.25, 0.3) is 0 Å². The number of fused-ring (bicyclic) bond motifs is 1. The third kappa shape index (κ3) is 6.07. The fourth-order valence-corrected chi connectivity index (χ4v) is 4.98. The van der Waals surface area contributed by atoms with E-state index in [0.717, 1.165) is 60.1 Å². The van der Waals surface area contributed by atoms with Crippen LogP contribution in [0.4, 0.5) is 17.5 Å². The Morgan fingerprint density at radius 3 is 2.36 bits per heavy atom. The van der Waals surface area contributed by atoms with Gasteiger partial charge in [-0.2, -0.15) is 4.98 Å². The number of carbonyl (C=O) groups excluding carboxylic acids is 1. The molecule has 8 heteroatoms. The third-order valence-corrected chi connectivity index (χ3v) is 6.93. The Hall–Kier alpha value is -3.35. The van der Waals surface area contributed by atoms with Gasteiger partial charge in [0.2, 0.25) is 11.9 Å². The van der Waals surface area contributed by atoms with Crippen molar-refractivity contribution < 1.29 is 4.79 Å². The summed E-state index contributed by atoms with van der Waals surface area (Å²) in [6.45, 7) is 0. The van der Waals surface area contributed by atoms with E-state index < -0.39 is 0 Å². The van der Waals surface area contributed by atoms with Crippen LogP contribution >= 0.6 is 24.0 Å². The molecule has 36 heavy (non-hydrogen) atoms. The molecule has 1 fully saturated rings. The zero-order valence-electron chi connectivity index (χ0n) is 19.8. The number of primary amides is 1. The number of amides is 1. The van der Waals surface area contributed by atoms with Gasteiger partial charge in [0.05, 0.1) is 5.52 Å². The quantitative estimate of drug-likeness (QED) is 0.249. The van der Waals surface area contributed by atoms with Crippen LogP contribution in [0.25, 0.3) is 10.9 Å². The lowest BCUT2D eigenvalue weighted by atomic mass is 9.81. The summed E-state index contributed by atoms with van der Waals surface area (Å²) in [5.41, 5.74) is 9.05. The Morgan fingerprint density at radius 2 is 1.61 bits per heavy atom. The molecule has 1 saturated carbocycles. The summed E-state index contributed by atoms with van der Waals surface area (Å²) in [7, 11) is 0. The maximum Gasteiger partial charge on any atom is 0.248 e. The molecule has 3 aromatic carbocycles. The predicted octanol–water partition coefficient (Wildman–Crippen LogP) is 6.76. The molecule has 5 rings (SSSR count). The molecule has 0 radical (unpaired) electrons. The number of benzene rings is 3. The minimum Gasteiger partial charge on any atom is -0.366 e. The number of nitrogens with one attached hydrogen (secondary N) is 2. The van der Waals surface area contributed by atoms with Gasteiger partial charge in [-0.25, -0.2) is 4.98 Å². The van der Waals surface area contributed by atoms with Crippen LogP contribution in [0, 0.1) is 5.92 Å². The summed E-state index contributed by atoms with van der Waals surface area (Å²) in [5.74, 6) is 1.57. The Bertz CT molecular complexity index is 1340. The molecule has 1 aromatic heterocycles. The van der Waals surface area contributed by atoms with E-state index in [4.69, 9.17) is 27.3 Å². The minimum absolute atomic E-state index is 0. The van der Waals surface area contributed by atoms with Crippen LogP contribution in [0.15, 0.2) is 72.8 Å². The molecule has 0 aliphatic heterocycles.